The molecule has 0 amide bonds. The molecule has 2 aliphatic heterocycles. The van der Waals surface area contributed by atoms with Gasteiger partial charge in [-0.05, 0) is 41.8 Å². The molecular formula is C20H21ClO7. The van der Waals surface area contributed by atoms with Crippen LogP contribution in [0.2, 0.25) is 5.02 Å². The summed E-state index contributed by atoms with van der Waals surface area (Å²) < 4.78 is 16.8. The van der Waals surface area contributed by atoms with Crippen LogP contribution in [-0.4, -0.2) is 58.2 Å². The molecule has 8 heteroatoms. The summed E-state index contributed by atoms with van der Waals surface area (Å²) in [7, 11) is 0. The number of fused-ring (bicyclic) bond motifs is 2. The molecule has 2 aromatic carbocycles. The molecule has 5 atom stereocenters. The number of rotatable bonds is 5. The first kappa shape index (κ1) is 19.6. The molecule has 0 aromatic heterocycles. The van der Waals surface area contributed by atoms with E-state index in [2.05, 4.69) is 0 Å². The molecule has 28 heavy (non-hydrogen) atoms. The lowest BCUT2D eigenvalue weighted by Crippen LogP contribution is -2.59. The lowest BCUT2D eigenvalue weighted by molar-refractivity contribution is -0.312. The van der Waals surface area contributed by atoms with Gasteiger partial charge in [0.05, 0.1) is 6.61 Å². The maximum Gasteiger partial charge on any atom is 0.225 e. The standard InChI is InChI=1S/C20H21ClO7/c21-15-6-3-13(8-12(15)7-11-1-4-14(23)5-2-11)20-19(25)17(24)18(26-10-22)16(28-20)9-27-20/h1-6,8,16-19,22-25H,7,9-10H2/t16-,17+,18+,19+,20-/m0/s1. The Hall–Kier alpha value is -1.71. The maximum atomic E-state index is 10.7. The van der Waals surface area contributed by atoms with E-state index in [0.717, 1.165) is 11.1 Å². The SMILES string of the molecule is OCO[C@H]1[C@@H](O)[C@@H](O)[C@@]2(c3ccc(Cl)c(Cc4ccc(O)cc4)c3)OC[C@@H]1O2. The van der Waals surface area contributed by atoms with Gasteiger partial charge in [0.2, 0.25) is 5.79 Å². The summed E-state index contributed by atoms with van der Waals surface area (Å²) in [6.45, 7) is -0.492. The van der Waals surface area contributed by atoms with Gasteiger partial charge in [0.1, 0.15) is 37.0 Å². The van der Waals surface area contributed by atoms with Gasteiger partial charge in [-0.2, -0.15) is 0 Å². The van der Waals surface area contributed by atoms with E-state index in [0.29, 0.717) is 17.0 Å². The Kier molecular flexibility index (Phi) is 5.32. The zero-order valence-corrected chi connectivity index (χ0v) is 15.6. The van der Waals surface area contributed by atoms with E-state index in [-0.39, 0.29) is 12.4 Å². The Labute approximate surface area is 166 Å². The van der Waals surface area contributed by atoms with Gasteiger partial charge in [-0.1, -0.05) is 29.8 Å². The van der Waals surface area contributed by atoms with Crippen LogP contribution in [0.3, 0.4) is 0 Å². The molecule has 2 saturated heterocycles. The average molecular weight is 409 g/mol. The molecule has 2 aromatic rings. The second kappa shape index (κ2) is 7.61. The van der Waals surface area contributed by atoms with Gasteiger partial charge in [-0.15, -0.1) is 0 Å². The number of benzene rings is 2. The number of aromatic hydroxyl groups is 1. The highest BCUT2D eigenvalue weighted by Gasteiger charge is 2.60. The molecule has 0 aliphatic carbocycles. The van der Waals surface area contributed by atoms with E-state index in [1.165, 1.54) is 0 Å². The summed E-state index contributed by atoms with van der Waals surface area (Å²) in [5.74, 6) is -1.35. The van der Waals surface area contributed by atoms with Crippen LogP contribution in [-0.2, 0) is 26.4 Å². The van der Waals surface area contributed by atoms with E-state index < -0.39 is 37.0 Å². The molecule has 7 nitrogen and oxygen atoms in total. The van der Waals surface area contributed by atoms with Gasteiger partial charge >= 0.3 is 0 Å². The van der Waals surface area contributed by atoms with E-state index >= 15 is 0 Å². The average Bonchev–Trinajstić information content (AvgIpc) is 3.10. The van der Waals surface area contributed by atoms with Crippen molar-refractivity contribution in [2.75, 3.05) is 13.4 Å². The minimum absolute atomic E-state index is 0.106. The van der Waals surface area contributed by atoms with Crippen molar-refractivity contribution in [3.8, 4) is 5.75 Å². The van der Waals surface area contributed by atoms with Crippen LogP contribution in [0.15, 0.2) is 42.5 Å². The summed E-state index contributed by atoms with van der Waals surface area (Å²) in [6, 6.07) is 12.0. The molecule has 0 unspecified atom stereocenters. The van der Waals surface area contributed by atoms with Crippen molar-refractivity contribution in [3.63, 3.8) is 0 Å². The summed E-state index contributed by atoms with van der Waals surface area (Å²) in [6.07, 6.45) is -3.71. The fraction of sp³-hybridized carbons (Fsp3) is 0.400. The largest absolute Gasteiger partial charge is 0.508 e. The minimum atomic E-state index is -1.53. The number of phenolic OH excluding ortho intramolecular Hbond substituents is 1. The molecule has 150 valence electrons. The lowest BCUT2D eigenvalue weighted by Gasteiger charge is -2.42. The fourth-order valence-electron chi connectivity index (χ4n) is 3.82. The van der Waals surface area contributed by atoms with E-state index in [1.807, 2.05) is 0 Å². The highest BCUT2D eigenvalue weighted by molar-refractivity contribution is 6.31. The number of phenols is 1. The van der Waals surface area contributed by atoms with Crippen LogP contribution >= 0.6 is 11.6 Å². The zero-order valence-electron chi connectivity index (χ0n) is 14.9. The van der Waals surface area contributed by atoms with Gasteiger partial charge < -0.3 is 34.6 Å². The highest BCUT2D eigenvalue weighted by atomic mass is 35.5. The van der Waals surface area contributed by atoms with Crippen molar-refractivity contribution in [2.24, 2.45) is 0 Å². The molecule has 2 aliphatic rings. The summed E-state index contributed by atoms with van der Waals surface area (Å²) in [5, 5.41) is 40.2. The van der Waals surface area contributed by atoms with Crippen molar-refractivity contribution in [3.05, 3.63) is 64.2 Å². The third kappa shape index (κ3) is 3.29. The number of aliphatic hydroxyl groups is 3. The molecule has 0 spiro atoms. The minimum Gasteiger partial charge on any atom is -0.508 e. The van der Waals surface area contributed by atoms with Crippen molar-refractivity contribution in [2.45, 2.75) is 36.6 Å². The van der Waals surface area contributed by atoms with E-state index in [4.69, 9.17) is 30.9 Å². The molecular weight excluding hydrogens is 388 g/mol. The van der Waals surface area contributed by atoms with Gasteiger partial charge in [-0.25, -0.2) is 0 Å². The van der Waals surface area contributed by atoms with E-state index in [9.17, 15) is 15.3 Å². The van der Waals surface area contributed by atoms with Gasteiger partial charge in [-0.3, -0.25) is 0 Å². The van der Waals surface area contributed by atoms with Crippen LogP contribution in [0.4, 0.5) is 0 Å². The number of hydrogen-bond donors (Lipinski definition) is 4. The number of halogens is 1. The quantitative estimate of drug-likeness (QED) is 0.552. The first-order chi connectivity index (χ1) is 13.4. The van der Waals surface area contributed by atoms with Gasteiger partial charge in [0, 0.05) is 10.6 Å². The first-order valence-electron chi connectivity index (χ1n) is 8.92. The third-order valence-electron chi connectivity index (χ3n) is 5.25. The van der Waals surface area contributed by atoms with Gasteiger partial charge in [0.15, 0.2) is 0 Å². The molecule has 4 N–H and O–H groups in total. The van der Waals surface area contributed by atoms with Crippen molar-refractivity contribution in [1.29, 1.82) is 0 Å². The third-order valence-corrected chi connectivity index (χ3v) is 5.62. The van der Waals surface area contributed by atoms with Crippen LogP contribution < -0.4 is 0 Å². The van der Waals surface area contributed by atoms with Crippen LogP contribution in [0.5, 0.6) is 5.75 Å². The molecule has 2 heterocycles. The van der Waals surface area contributed by atoms with Crippen LogP contribution in [0, 0.1) is 0 Å². The maximum absolute atomic E-state index is 10.7. The summed E-state index contributed by atoms with van der Waals surface area (Å²) in [4.78, 5) is 0. The smallest absolute Gasteiger partial charge is 0.225 e. The fourth-order valence-corrected chi connectivity index (χ4v) is 4.00. The Morgan fingerprint density at radius 2 is 1.89 bits per heavy atom. The molecule has 2 bridgehead atoms. The molecule has 0 saturated carbocycles. The molecule has 0 radical (unpaired) electrons. The second-order valence-electron chi connectivity index (χ2n) is 6.98. The number of ether oxygens (including phenoxy) is 3. The Bertz CT molecular complexity index is 843. The normalized spacial score (nSPS) is 31.9. The summed E-state index contributed by atoms with van der Waals surface area (Å²) in [5.41, 5.74) is 2.26. The van der Waals surface area contributed by atoms with Crippen molar-refractivity contribution < 1.29 is 34.6 Å². The predicted molar refractivity (Wildman–Crippen MR) is 98.8 cm³/mol. The van der Waals surface area contributed by atoms with Crippen LogP contribution in [0.1, 0.15) is 16.7 Å². The Morgan fingerprint density at radius 1 is 1.14 bits per heavy atom. The topological polar surface area (TPSA) is 109 Å². The Balaban J connectivity index is 1.65. The molecule has 2 fully saturated rings. The highest BCUT2D eigenvalue weighted by Crippen LogP contribution is 2.45. The van der Waals surface area contributed by atoms with Crippen molar-refractivity contribution >= 4 is 11.6 Å². The van der Waals surface area contributed by atoms with Gasteiger partial charge in [0.25, 0.3) is 0 Å². The second-order valence-corrected chi connectivity index (χ2v) is 7.39. The summed E-state index contributed by atoms with van der Waals surface area (Å²) >= 11 is 6.35. The van der Waals surface area contributed by atoms with E-state index in [1.54, 1.807) is 42.5 Å². The molecule has 4 rings (SSSR count). The van der Waals surface area contributed by atoms with Crippen molar-refractivity contribution in [1.82, 2.24) is 0 Å². The van der Waals surface area contributed by atoms with Crippen LogP contribution in [0.25, 0.3) is 0 Å². The number of aliphatic hydroxyl groups excluding tert-OH is 3. The predicted octanol–water partition coefficient (Wildman–Crippen LogP) is 1.27. The lowest BCUT2D eigenvalue weighted by atomic mass is 9.88. The number of hydrogen-bond acceptors (Lipinski definition) is 7. The first-order valence-corrected chi connectivity index (χ1v) is 9.29. The monoisotopic (exact) mass is 408 g/mol. The zero-order chi connectivity index (χ0) is 19.9. The Morgan fingerprint density at radius 3 is 2.61 bits per heavy atom.